The van der Waals surface area contributed by atoms with Crippen LogP contribution in [0.2, 0.25) is 0 Å². The molecule has 0 bridgehead atoms. The van der Waals surface area contributed by atoms with E-state index in [0.29, 0.717) is 11.6 Å². The SMILES string of the molecule is CC(CNc1c(C#N)nnc2ccccc12)C(C)(C)C. The molecule has 0 aliphatic rings. The zero-order chi connectivity index (χ0) is 14.8. The Labute approximate surface area is 119 Å². The summed E-state index contributed by atoms with van der Waals surface area (Å²) in [5, 5.41) is 21.6. The maximum absolute atomic E-state index is 9.21. The molecule has 0 saturated carbocycles. The van der Waals surface area contributed by atoms with Crippen molar-refractivity contribution in [3.05, 3.63) is 30.0 Å². The Bertz CT molecular complexity index is 650. The fourth-order valence-corrected chi connectivity index (χ4v) is 1.87. The molecule has 2 aromatic rings. The molecule has 1 unspecified atom stereocenters. The highest BCUT2D eigenvalue weighted by Crippen LogP contribution is 2.28. The number of hydrogen-bond acceptors (Lipinski definition) is 4. The average molecular weight is 268 g/mol. The number of rotatable bonds is 3. The molecule has 104 valence electrons. The van der Waals surface area contributed by atoms with Crippen molar-refractivity contribution < 1.29 is 0 Å². The Balaban J connectivity index is 2.35. The van der Waals surface area contributed by atoms with Crippen molar-refractivity contribution in [2.75, 3.05) is 11.9 Å². The lowest BCUT2D eigenvalue weighted by molar-refractivity contribution is 0.274. The van der Waals surface area contributed by atoms with Crippen molar-refractivity contribution in [3.63, 3.8) is 0 Å². The van der Waals surface area contributed by atoms with E-state index in [1.165, 1.54) is 0 Å². The quantitative estimate of drug-likeness (QED) is 0.924. The second-order valence-electron chi connectivity index (χ2n) is 6.20. The molecule has 0 amide bonds. The number of aromatic nitrogens is 2. The van der Waals surface area contributed by atoms with Crippen LogP contribution in [0.3, 0.4) is 0 Å². The standard InChI is InChI=1S/C16H20N4/c1-11(16(2,3)4)10-18-15-12-7-5-6-8-13(12)19-20-14(15)9-17/h5-8,11H,10H2,1-4H3,(H,18,19). The van der Waals surface area contributed by atoms with Gasteiger partial charge in [0.1, 0.15) is 6.07 Å². The summed E-state index contributed by atoms with van der Waals surface area (Å²) in [6, 6.07) is 9.86. The Kier molecular flexibility index (Phi) is 3.89. The summed E-state index contributed by atoms with van der Waals surface area (Å²) in [6.45, 7) is 9.65. The van der Waals surface area contributed by atoms with E-state index in [1.807, 2.05) is 24.3 Å². The van der Waals surface area contributed by atoms with Gasteiger partial charge in [-0.3, -0.25) is 0 Å². The fourth-order valence-electron chi connectivity index (χ4n) is 1.87. The van der Waals surface area contributed by atoms with Gasteiger partial charge >= 0.3 is 0 Å². The summed E-state index contributed by atoms with van der Waals surface area (Å²) in [6.07, 6.45) is 0. The van der Waals surface area contributed by atoms with Gasteiger partial charge in [0.25, 0.3) is 0 Å². The molecular weight excluding hydrogens is 248 g/mol. The smallest absolute Gasteiger partial charge is 0.186 e. The van der Waals surface area contributed by atoms with Crippen molar-refractivity contribution in [2.24, 2.45) is 11.3 Å². The van der Waals surface area contributed by atoms with E-state index >= 15 is 0 Å². The lowest BCUT2D eigenvalue weighted by atomic mass is 9.82. The van der Waals surface area contributed by atoms with Crippen molar-refractivity contribution in [2.45, 2.75) is 27.7 Å². The van der Waals surface area contributed by atoms with E-state index in [4.69, 9.17) is 0 Å². The van der Waals surface area contributed by atoms with E-state index in [1.54, 1.807) is 0 Å². The molecule has 0 fully saturated rings. The van der Waals surface area contributed by atoms with Crippen LogP contribution in [0.15, 0.2) is 24.3 Å². The molecule has 1 aromatic carbocycles. The normalized spacial score (nSPS) is 12.9. The van der Waals surface area contributed by atoms with Gasteiger partial charge in [-0.1, -0.05) is 45.9 Å². The number of nitrogens with one attached hydrogen (secondary N) is 1. The van der Waals surface area contributed by atoms with Crippen LogP contribution in [0.5, 0.6) is 0 Å². The first-order valence-corrected chi connectivity index (χ1v) is 6.83. The molecule has 0 radical (unpaired) electrons. The van der Waals surface area contributed by atoms with Crippen LogP contribution < -0.4 is 5.32 Å². The van der Waals surface area contributed by atoms with Gasteiger partial charge in [-0.25, -0.2) is 0 Å². The van der Waals surface area contributed by atoms with E-state index in [-0.39, 0.29) is 5.41 Å². The van der Waals surface area contributed by atoms with Gasteiger partial charge in [-0.05, 0) is 17.4 Å². The van der Waals surface area contributed by atoms with Crippen molar-refractivity contribution in [1.29, 1.82) is 5.26 Å². The monoisotopic (exact) mass is 268 g/mol. The number of nitrogens with zero attached hydrogens (tertiary/aromatic N) is 3. The molecule has 1 N–H and O–H groups in total. The second-order valence-corrected chi connectivity index (χ2v) is 6.20. The third-order valence-corrected chi connectivity index (χ3v) is 3.84. The molecule has 1 heterocycles. The first-order chi connectivity index (χ1) is 9.43. The third-order valence-electron chi connectivity index (χ3n) is 3.84. The number of benzene rings is 1. The Hall–Kier alpha value is -2.15. The minimum atomic E-state index is 0.218. The highest BCUT2D eigenvalue weighted by Gasteiger charge is 2.20. The minimum Gasteiger partial charge on any atom is -0.382 e. The molecule has 1 atom stereocenters. The number of nitriles is 1. The largest absolute Gasteiger partial charge is 0.382 e. The summed E-state index contributed by atoms with van der Waals surface area (Å²) in [5.41, 5.74) is 2.16. The van der Waals surface area contributed by atoms with Crippen LogP contribution in [0.25, 0.3) is 10.9 Å². The minimum absolute atomic E-state index is 0.218. The highest BCUT2D eigenvalue weighted by atomic mass is 15.1. The number of fused-ring (bicyclic) bond motifs is 1. The zero-order valence-corrected chi connectivity index (χ0v) is 12.4. The lowest BCUT2D eigenvalue weighted by Crippen LogP contribution is -2.25. The van der Waals surface area contributed by atoms with Gasteiger partial charge in [0.15, 0.2) is 5.69 Å². The molecule has 4 heteroatoms. The van der Waals surface area contributed by atoms with E-state index in [9.17, 15) is 5.26 Å². The Morgan fingerprint density at radius 2 is 1.95 bits per heavy atom. The zero-order valence-electron chi connectivity index (χ0n) is 12.4. The van der Waals surface area contributed by atoms with Gasteiger partial charge in [-0.15, -0.1) is 10.2 Å². The van der Waals surface area contributed by atoms with E-state index < -0.39 is 0 Å². The van der Waals surface area contributed by atoms with Crippen LogP contribution in [-0.2, 0) is 0 Å². The second kappa shape index (κ2) is 5.46. The van der Waals surface area contributed by atoms with Gasteiger partial charge in [-0.2, -0.15) is 5.26 Å². The molecule has 0 aliphatic heterocycles. The van der Waals surface area contributed by atoms with Crippen molar-refractivity contribution in [3.8, 4) is 6.07 Å². The summed E-state index contributed by atoms with van der Waals surface area (Å²) in [7, 11) is 0. The first kappa shape index (κ1) is 14.3. The molecule has 0 spiro atoms. The Morgan fingerprint density at radius 1 is 1.25 bits per heavy atom. The number of hydrogen-bond donors (Lipinski definition) is 1. The van der Waals surface area contributed by atoms with Gasteiger partial charge < -0.3 is 5.32 Å². The molecule has 0 saturated heterocycles. The maximum atomic E-state index is 9.21. The lowest BCUT2D eigenvalue weighted by Gasteiger charge is -2.28. The van der Waals surface area contributed by atoms with E-state index in [0.717, 1.165) is 23.1 Å². The van der Waals surface area contributed by atoms with Gasteiger partial charge in [0.2, 0.25) is 0 Å². The first-order valence-electron chi connectivity index (χ1n) is 6.83. The summed E-state index contributed by atoms with van der Waals surface area (Å²) >= 11 is 0. The predicted octanol–water partition coefficient (Wildman–Crippen LogP) is 3.60. The van der Waals surface area contributed by atoms with Gasteiger partial charge in [0, 0.05) is 11.9 Å². The van der Waals surface area contributed by atoms with Crippen molar-refractivity contribution >= 4 is 16.6 Å². The van der Waals surface area contributed by atoms with Crippen LogP contribution >= 0.6 is 0 Å². The fraction of sp³-hybridized carbons (Fsp3) is 0.438. The third kappa shape index (κ3) is 2.88. The van der Waals surface area contributed by atoms with Crippen LogP contribution in [0, 0.1) is 22.7 Å². The van der Waals surface area contributed by atoms with Crippen LogP contribution in [0.4, 0.5) is 5.69 Å². The van der Waals surface area contributed by atoms with Crippen molar-refractivity contribution in [1.82, 2.24) is 10.2 Å². The molecule has 0 aliphatic carbocycles. The average Bonchev–Trinajstić information content (AvgIpc) is 2.43. The number of anilines is 1. The van der Waals surface area contributed by atoms with E-state index in [2.05, 4.69) is 49.3 Å². The van der Waals surface area contributed by atoms with Crippen LogP contribution in [0.1, 0.15) is 33.4 Å². The summed E-state index contributed by atoms with van der Waals surface area (Å²) in [4.78, 5) is 0. The molecular formula is C16H20N4. The maximum Gasteiger partial charge on any atom is 0.186 e. The summed E-state index contributed by atoms with van der Waals surface area (Å²) < 4.78 is 0. The molecule has 1 aromatic heterocycles. The predicted molar refractivity (Wildman–Crippen MR) is 81.4 cm³/mol. The Morgan fingerprint density at radius 3 is 2.60 bits per heavy atom. The summed E-state index contributed by atoms with van der Waals surface area (Å²) in [5.74, 6) is 0.473. The van der Waals surface area contributed by atoms with Gasteiger partial charge in [0.05, 0.1) is 11.2 Å². The molecule has 2 rings (SSSR count). The molecule has 20 heavy (non-hydrogen) atoms. The van der Waals surface area contributed by atoms with Crippen LogP contribution in [-0.4, -0.2) is 16.7 Å². The highest BCUT2D eigenvalue weighted by molar-refractivity contribution is 5.92. The topological polar surface area (TPSA) is 61.6 Å². The molecule has 4 nitrogen and oxygen atoms in total.